The van der Waals surface area contributed by atoms with E-state index in [9.17, 15) is 29.4 Å². The second-order valence-electron chi connectivity index (χ2n) is 11.1. The van der Waals surface area contributed by atoms with Crippen LogP contribution >= 0.6 is 22.9 Å². The zero-order chi connectivity index (χ0) is 34.2. The lowest BCUT2D eigenvalue weighted by atomic mass is 9.69. The zero-order valence-corrected chi connectivity index (χ0v) is 27.6. The predicted molar refractivity (Wildman–Crippen MR) is 171 cm³/mol. The lowest BCUT2D eigenvalue weighted by Crippen LogP contribution is -2.53. The van der Waals surface area contributed by atoms with Gasteiger partial charge in [0.05, 0.1) is 33.6 Å². The van der Waals surface area contributed by atoms with E-state index in [1.807, 2.05) is 0 Å². The molecule has 2 aliphatic rings. The van der Waals surface area contributed by atoms with Crippen LogP contribution in [0.1, 0.15) is 47.3 Å². The van der Waals surface area contributed by atoms with Crippen molar-refractivity contribution in [3.63, 3.8) is 0 Å². The monoisotopic (exact) mass is 685 g/mol. The van der Waals surface area contributed by atoms with Crippen molar-refractivity contribution in [2.24, 2.45) is 5.92 Å². The highest BCUT2D eigenvalue weighted by Crippen LogP contribution is 2.56. The summed E-state index contributed by atoms with van der Waals surface area (Å²) >= 11 is 7.78. The smallest absolute Gasteiger partial charge is 0.245 e. The first kappa shape index (κ1) is 33.5. The number of fused-ring (bicyclic) bond motifs is 1. The summed E-state index contributed by atoms with van der Waals surface area (Å²) in [5.41, 5.74) is -1.34. The standard InChI is InChI=1S/C32H32ClN3O10S/c1-14-8-19(38)25(29(41)32(14)30(42)26-21(44-4)11-22(45-5)27(33)28(26)46-32)17(16-6-7-18(37)20(9-16)43-3)10-23(39)34-12-24(40)36-31-35-15(2)13-47-31/h6-7,9,11,13-14,17,37,41H,8,10,12H2,1-5H3,(H,34,39)(H,35,36,40). The van der Waals surface area contributed by atoms with Crippen LogP contribution in [0.5, 0.6) is 28.7 Å². The van der Waals surface area contributed by atoms with Gasteiger partial charge in [-0.25, -0.2) is 4.98 Å². The quantitative estimate of drug-likeness (QED) is 0.236. The summed E-state index contributed by atoms with van der Waals surface area (Å²) in [4.78, 5) is 58.0. The summed E-state index contributed by atoms with van der Waals surface area (Å²) in [7, 11) is 4.05. The number of ether oxygens (including phenoxy) is 4. The fraction of sp³-hybridized carbons (Fsp3) is 0.344. The third-order valence-electron chi connectivity index (χ3n) is 8.17. The highest BCUT2D eigenvalue weighted by molar-refractivity contribution is 7.13. The molecule has 0 fully saturated rings. The minimum Gasteiger partial charge on any atom is -0.507 e. The summed E-state index contributed by atoms with van der Waals surface area (Å²) in [5.74, 6) is -5.12. The molecule has 248 valence electrons. The average molecular weight is 686 g/mol. The molecule has 2 amide bonds. The third-order valence-corrected chi connectivity index (χ3v) is 9.40. The number of rotatable bonds is 10. The Morgan fingerprint density at radius 1 is 1.11 bits per heavy atom. The molecule has 4 N–H and O–H groups in total. The summed E-state index contributed by atoms with van der Waals surface area (Å²) in [5, 5.41) is 29.5. The second kappa shape index (κ2) is 13.1. The van der Waals surface area contributed by atoms with Gasteiger partial charge in [-0.15, -0.1) is 11.3 Å². The van der Waals surface area contributed by atoms with E-state index in [0.29, 0.717) is 10.7 Å². The fourth-order valence-corrected chi connectivity index (χ4v) is 6.82. The molecule has 15 heteroatoms. The number of allylic oxidation sites excluding steroid dienone is 1. The SMILES string of the molecule is COc1cc(C(CC(=O)NCC(=O)Nc2nc(C)cs2)C2=C(O)C3(Oc4c(Cl)c(OC)cc(OC)c4C3=O)C(C)CC2=O)ccc1O. The molecular weight excluding hydrogens is 654 g/mol. The number of carbonyl (C=O) groups excluding carboxylic acids is 4. The van der Waals surface area contributed by atoms with Crippen molar-refractivity contribution in [2.45, 2.75) is 38.2 Å². The van der Waals surface area contributed by atoms with Gasteiger partial charge in [0.15, 0.2) is 33.9 Å². The molecular formula is C32H32ClN3O10S. The molecule has 0 bridgehead atoms. The zero-order valence-electron chi connectivity index (χ0n) is 26.1. The minimum atomic E-state index is -2.09. The number of Topliss-reactive ketones (excluding diaryl/α,β-unsaturated/α-hetero) is 2. The largest absolute Gasteiger partial charge is 0.507 e. The number of hydrogen-bond acceptors (Lipinski definition) is 12. The van der Waals surface area contributed by atoms with Gasteiger partial charge in [0.2, 0.25) is 23.2 Å². The van der Waals surface area contributed by atoms with Gasteiger partial charge in [0, 0.05) is 41.7 Å². The number of carbonyl (C=O) groups is 4. The molecule has 1 aliphatic carbocycles. The molecule has 3 unspecified atom stereocenters. The number of amides is 2. The summed E-state index contributed by atoms with van der Waals surface area (Å²) < 4.78 is 22.3. The van der Waals surface area contributed by atoms with Crippen molar-refractivity contribution in [1.29, 1.82) is 0 Å². The molecule has 0 saturated carbocycles. The number of nitrogens with zero attached hydrogens (tertiary/aromatic N) is 1. The Morgan fingerprint density at radius 2 is 1.81 bits per heavy atom. The number of methoxy groups -OCH3 is 3. The van der Waals surface area contributed by atoms with Gasteiger partial charge in [0.1, 0.15) is 22.1 Å². The Labute approximate surface area is 278 Å². The first-order chi connectivity index (χ1) is 22.4. The number of phenols is 1. The lowest BCUT2D eigenvalue weighted by Gasteiger charge is -2.38. The Morgan fingerprint density at radius 3 is 2.45 bits per heavy atom. The average Bonchev–Trinajstić information content (AvgIpc) is 3.60. The fourth-order valence-electron chi connectivity index (χ4n) is 5.85. The van der Waals surface area contributed by atoms with Crippen LogP contribution in [-0.4, -0.2) is 72.1 Å². The molecule has 3 atom stereocenters. The number of thiazole rings is 1. The topological polar surface area (TPSA) is 183 Å². The summed E-state index contributed by atoms with van der Waals surface area (Å²) in [6.07, 6.45) is -0.675. The summed E-state index contributed by atoms with van der Waals surface area (Å²) in [6, 6.07) is 5.61. The summed E-state index contributed by atoms with van der Waals surface area (Å²) in [6.45, 7) is 2.96. The number of aliphatic hydroxyl groups excluding tert-OH is 1. The van der Waals surface area contributed by atoms with Crippen LogP contribution in [0.3, 0.4) is 0 Å². The van der Waals surface area contributed by atoms with Crippen molar-refractivity contribution in [2.75, 3.05) is 33.2 Å². The Bertz CT molecular complexity index is 1820. The van der Waals surface area contributed by atoms with Crippen LogP contribution in [0.25, 0.3) is 0 Å². The maximum Gasteiger partial charge on any atom is 0.245 e. The van der Waals surface area contributed by atoms with E-state index >= 15 is 0 Å². The molecule has 1 aliphatic heterocycles. The van der Waals surface area contributed by atoms with Crippen molar-refractivity contribution in [1.82, 2.24) is 10.3 Å². The predicted octanol–water partition coefficient (Wildman–Crippen LogP) is 4.50. The highest BCUT2D eigenvalue weighted by Gasteiger charge is 2.61. The van der Waals surface area contributed by atoms with E-state index in [1.165, 1.54) is 56.9 Å². The number of halogens is 1. The Kier molecular flexibility index (Phi) is 9.36. The highest BCUT2D eigenvalue weighted by atomic mass is 35.5. The molecule has 47 heavy (non-hydrogen) atoms. The first-order valence-electron chi connectivity index (χ1n) is 14.4. The van der Waals surface area contributed by atoms with E-state index in [4.69, 9.17) is 30.5 Å². The number of hydrogen-bond donors (Lipinski definition) is 4. The second-order valence-corrected chi connectivity index (χ2v) is 12.3. The number of aromatic hydroxyl groups is 1. The Hall–Kier alpha value is -4.82. The number of benzene rings is 2. The van der Waals surface area contributed by atoms with E-state index in [1.54, 1.807) is 19.2 Å². The van der Waals surface area contributed by atoms with Crippen LogP contribution < -0.4 is 29.6 Å². The van der Waals surface area contributed by atoms with E-state index in [-0.39, 0.29) is 51.3 Å². The molecule has 2 aromatic carbocycles. The molecule has 0 radical (unpaired) electrons. The number of phenolic OH excluding ortho intramolecular Hbond substituents is 1. The van der Waals surface area contributed by atoms with Crippen LogP contribution in [0.4, 0.5) is 5.13 Å². The number of aryl methyl sites for hydroxylation is 1. The number of nitrogens with one attached hydrogen (secondary N) is 2. The van der Waals surface area contributed by atoms with Crippen LogP contribution in [-0.2, 0) is 14.4 Å². The van der Waals surface area contributed by atoms with Gasteiger partial charge in [-0.2, -0.15) is 0 Å². The van der Waals surface area contributed by atoms with Gasteiger partial charge in [-0.3, -0.25) is 19.2 Å². The molecule has 2 heterocycles. The van der Waals surface area contributed by atoms with Gasteiger partial charge in [-0.1, -0.05) is 24.6 Å². The molecule has 13 nitrogen and oxygen atoms in total. The number of ketones is 2. The van der Waals surface area contributed by atoms with Crippen LogP contribution in [0.2, 0.25) is 5.02 Å². The minimum absolute atomic E-state index is 0.0302. The van der Waals surface area contributed by atoms with Crippen molar-refractivity contribution in [3.8, 4) is 28.7 Å². The lowest BCUT2D eigenvalue weighted by molar-refractivity contribution is -0.124. The molecule has 5 rings (SSSR count). The van der Waals surface area contributed by atoms with E-state index in [0.717, 1.165) is 5.69 Å². The van der Waals surface area contributed by atoms with Crippen molar-refractivity contribution in [3.05, 3.63) is 62.8 Å². The van der Waals surface area contributed by atoms with E-state index < -0.39 is 59.5 Å². The van der Waals surface area contributed by atoms with E-state index in [2.05, 4.69) is 15.6 Å². The van der Waals surface area contributed by atoms with Crippen molar-refractivity contribution < 1.29 is 48.3 Å². The molecule has 3 aromatic rings. The van der Waals surface area contributed by atoms with Gasteiger partial charge in [0.25, 0.3) is 0 Å². The maximum absolute atomic E-state index is 14.2. The molecule has 1 aromatic heterocycles. The van der Waals surface area contributed by atoms with Gasteiger partial charge in [-0.05, 0) is 24.6 Å². The number of aromatic nitrogens is 1. The number of aliphatic hydroxyl groups is 1. The van der Waals surface area contributed by atoms with Gasteiger partial charge < -0.3 is 39.8 Å². The number of anilines is 1. The first-order valence-corrected chi connectivity index (χ1v) is 15.6. The third kappa shape index (κ3) is 5.94. The Balaban J connectivity index is 1.56. The molecule has 1 spiro atoms. The van der Waals surface area contributed by atoms with Gasteiger partial charge >= 0.3 is 0 Å². The molecule has 0 saturated heterocycles. The normalized spacial score (nSPS) is 19.2. The maximum atomic E-state index is 14.2. The van der Waals surface area contributed by atoms with Crippen molar-refractivity contribution >= 4 is 51.5 Å². The van der Waals surface area contributed by atoms with Crippen LogP contribution in [0.15, 0.2) is 41.0 Å². The van der Waals surface area contributed by atoms with Crippen LogP contribution in [0, 0.1) is 12.8 Å².